The van der Waals surface area contributed by atoms with Crippen molar-refractivity contribution in [2.24, 2.45) is 5.73 Å². The topological polar surface area (TPSA) is 75.4 Å². The lowest BCUT2D eigenvalue weighted by Crippen LogP contribution is -2.46. The van der Waals surface area contributed by atoms with Gasteiger partial charge < -0.3 is 11.1 Å². The Labute approximate surface area is 120 Å². The van der Waals surface area contributed by atoms with Crippen molar-refractivity contribution in [3.05, 3.63) is 29.8 Å². The highest BCUT2D eigenvalue weighted by Gasteiger charge is 2.20. The van der Waals surface area contributed by atoms with E-state index in [2.05, 4.69) is 5.32 Å². The molecule has 1 aromatic carbocycles. The van der Waals surface area contributed by atoms with Gasteiger partial charge in [-0.1, -0.05) is 25.1 Å². The molecule has 0 heterocycles. The van der Waals surface area contributed by atoms with Gasteiger partial charge in [0.15, 0.2) is 0 Å². The summed E-state index contributed by atoms with van der Waals surface area (Å²) in [5.74, 6) is -0.553. The molecule has 0 fully saturated rings. The van der Waals surface area contributed by atoms with E-state index in [1.807, 2.05) is 38.1 Å². The molecule has 0 saturated heterocycles. The summed E-state index contributed by atoms with van der Waals surface area (Å²) in [6.07, 6.45) is 0.856. The number of rotatable bonds is 7. The molecule has 5 heteroatoms. The first-order valence-corrected chi connectivity index (χ1v) is 6.84. The summed E-state index contributed by atoms with van der Waals surface area (Å²) < 4.78 is 0. The quantitative estimate of drug-likeness (QED) is 0.793. The molecule has 1 unspecified atom stereocenters. The van der Waals surface area contributed by atoms with Crippen LogP contribution in [0.4, 0.5) is 5.69 Å². The standard InChI is InChI=1S/C15H23N3O2/c1-4-9-18(12(3)15(16)20)10-14(19)17-13-8-6-5-7-11(13)2/h5-8,12H,4,9-10H2,1-3H3,(H2,16,20)(H,17,19). The van der Waals surface area contributed by atoms with Crippen LogP contribution in [0.15, 0.2) is 24.3 Å². The third-order valence-electron chi connectivity index (χ3n) is 3.24. The monoisotopic (exact) mass is 277 g/mol. The molecule has 1 rings (SSSR count). The number of nitrogens with zero attached hydrogens (tertiary/aromatic N) is 1. The highest BCUT2D eigenvalue weighted by atomic mass is 16.2. The Kier molecular flexibility index (Phi) is 6.18. The number of primary amides is 1. The van der Waals surface area contributed by atoms with Crippen molar-refractivity contribution in [3.63, 3.8) is 0 Å². The van der Waals surface area contributed by atoms with Crippen molar-refractivity contribution in [1.82, 2.24) is 4.90 Å². The van der Waals surface area contributed by atoms with Crippen LogP contribution < -0.4 is 11.1 Å². The van der Waals surface area contributed by atoms with Crippen LogP contribution in [0.3, 0.4) is 0 Å². The number of carbonyl (C=O) groups is 2. The lowest BCUT2D eigenvalue weighted by Gasteiger charge is -2.25. The molecular formula is C15H23N3O2. The van der Waals surface area contributed by atoms with E-state index >= 15 is 0 Å². The summed E-state index contributed by atoms with van der Waals surface area (Å²) in [6.45, 7) is 6.47. The van der Waals surface area contributed by atoms with E-state index < -0.39 is 11.9 Å². The van der Waals surface area contributed by atoms with E-state index in [9.17, 15) is 9.59 Å². The highest BCUT2D eigenvalue weighted by Crippen LogP contribution is 2.13. The summed E-state index contributed by atoms with van der Waals surface area (Å²) in [4.78, 5) is 25.1. The predicted octanol–water partition coefficient (Wildman–Crippen LogP) is 1.52. The Balaban J connectivity index is 2.67. The van der Waals surface area contributed by atoms with E-state index in [1.54, 1.807) is 11.8 Å². The number of nitrogens with two attached hydrogens (primary N) is 1. The zero-order valence-electron chi connectivity index (χ0n) is 12.3. The van der Waals surface area contributed by atoms with Gasteiger partial charge in [-0.05, 0) is 38.4 Å². The third kappa shape index (κ3) is 4.66. The molecule has 0 bridgehead atoms. The van der Waals surface area contributed by atoms with Gasteiger partial charge in [0.1, 0.15) is 0 Å². The first-order chi connectivity index (χ1) is 9.45. The minimum atomic E-state index is -0.447. The van der Waals surface area contributed by atoms with Gasteiger partial charge in [-0.25, -0.2) is 0 Å². The summed E-state index contributed by atoms with van der Waals surface area (Å²) in [6, 6.07) is 7.14. The first-order valence-electron chi connectivity index (χ1n) is 6.84. The number of aryl methyl sites for hydroxylation is 1. The van der Waals surface area contributed by atoms with E-state index in [1.165, 1.54) is 0 Å². The summed E-state index contributed by atoms with van der Waals surface area (Å²) in [5.41, 5.74) is 7.10. The number of nitrogens with one attached hydrogen (secondary N) is 1. The van der Waals surface area contributed by atoms with E-state index in [4.69, 9.17) is 5.73 Å². The van der Waals surface area contributed by atoms with E-state index in [0.717, 1.165) is 17.7 Å². The van der Waals surface area contributed by atoms with Gasteiger partial charge in [-0.2, -0.15) is 0 Å². The van der Waals surface area contributed by atoms with Crippen molar-refractivity contribution < 1.29 is 9.59 Å². The molecule has 110 valence electrons. The van der Waals surface area contributed by atoms with Gasteiger partial charge in [0, 0.05) is 5.69 Å². The molecule has 1 aromatic rings. The van der Waals surface area contributed by atoms with Crippen LogP contribution in [0.2, 0.25) is 0 Å². The molecule has 0 saturated carbocycles. The van der Waals surface area contributed by atoms with Crippen LogP contribution in [0.25, 0.3) is 0 Å². The minimum Gasteiger partial charge on any atom is -0.368 e. The van der Waals surface area contributed by atoms with Crippen molar-refractivity contribution in [2.75, 3.05) is 18.4 Å². The second-order valence-electron chi connectivity index (χ2n) is 4.91. The molecular weight excluding hydrogens is 254 g/mol. The summed E-state index contributed by atoms with van der Waals surface area (Å²) >= 11 is 0. The van der Waals surface area contributed by atoms with Crippen molar-refractivity contribution in [3.8, 4) is 0 Å². The smallest absolute Gasteiger partial charge is 0.238 e. The predicted molar refractivity (Wildman–Crippen MR) is 80.3 cm³/mol. The maximum Gasteiger partial charge on any atom is 0.238 e. The Morgan fingerprint density at radius 1 is 1.35 bits per heavy atom. The molecule has 5 nitrogen and oxygen atoms in total. The number of hydrogen-bond acceptors (Lipinski definition) is 3. The number of amides is 2. The number of para-hydroxylation sites is 1. The largest absolute Gasteiger partial charge is 0.368 e. The Morgan fingerprint density at radius 2 is 2.00 bits per heavy atom. The molecule has 0 aliphatic carbocycles. The van der Waals surface area contributed by atoms with Gasteiger partial charge in [-0.15, -0.1) is 0 Å². The van der Waals surface area contributed by atoms with Crippen molar-refractivity contribution >= 4 is 17.5 Å². The number of carbonyl (C=O) groups excluding carboxylic acids is 2. The molecule has 2 amide bonds. The first kappa shape index (κ1) is 16.2. The number of hydrogen-bond donors (Lipinski definition) is 2. The van der Waals surface area contributed by atoms with Crippen LogP contribution in [0.1, 0.15) is 25.8 Å². The SMILES string of the molecule is CCCN(CC(=O)Nc1ccccc1C)C(C)C(N)=O. The van der Waals surface area contributed by atoms with E-state index in [-0.39, 0.29) is 12.5 Å². The fourth-order valence-corrected chi connectivity index (χ4v) is 1.96. The molecule has 3 N–H and O–H groups in total. The molecule has 20 heavy (non-hydrogen) atoms. The Hall–Kier alpha value is -1.88. The third-order valence-corrected chi connectivity index (χ3v) is 3.24. The van der Waals surface area contributed by atoms with Crippen molar-refractivity contribution in [2.45, 2.75) is 33.2 Å². The van der Waals surface area contributed by atoms with Gasteiger partial charge >= 0.3 is 0 Å². The van der Waals surface area contributed by atoms with Crippen LogP contribution in [0.5, 0.6) is 0 Å². The maximum atomic E-state index is 12.1. The number of anilines is 1. The lowest BCUT2D eigenvalue weighted by atomic mass is 10.2. The van der Waals surface area contributed by atoms with Crippen molar-refractivity contribution in [1.29, 1.82) is 0 Å². The molecule has 0 aromatic heterocycles. The molecule has 1 atom stereocenters. The van der Waals surface area contributed by atoms with Crippen LogP contribution >= 0.6 is 0 Å². The Morgan fingerprint density at radius 3 is 2.55 bits per heavy atom. The lowest BCUT2D eigenvalue weighted by molar-refractivity contribution is -0.124. The van der Waals surface area contributed by atoms with Gasteiger partial charge in [0.25, 0.3) is 0 Å². The average Bonchev–Trinajstić information content (AvgIpc) is 2.40. The number of benzene rings is 1. The van der Waals surface area contributed by atoms with Crippen LogP contribution in [0, 0.1) is 6.92 Å². The van der Waals surface area contributed by atoms with E-state index in [0.29, 0.717) is 6.54 Å². The summed E-state index contributed by atoms with van der Waals surface area (Å²) in [7, 11) is 0. The second kappa shape index (κ2) is 7.65. The highest BCUT2D eigenvalue weighted by molar-refractivity contribution is 5.93. The van der Waals surface area contributed by atoms with Gasteiger partial charge in [0.2, 0.25) is 11.8 Å². The molecule has 0 aliphatic heterocycles. The average molecular weight is 277 g/mol. The fourth-order valence-electron chi connectivity index (χ4n) is 1.96. The van der Waals surface area contributed by atoms with Gasteiger partial charge in [0.05, 0.1) is 12.6 Å². The van der Waals surface area contributed by atoms with Gasteiger partial charge in [-0.3, -0.25) is 14.5 Å². The fraction of sp³-hybridized carbons (Fsp3) is 0.467. The molecule has 0 aliphatic rings. The zero-order chi connectivity index (χ0) is 15.1. The maximum absolute atomic E-state index is 12.1. The zero-order valence-corrected chi connectivity index (χ0v) is 12.3. The minimum absolute atomic E-state index is 0.138. The molecule has 0 radical (unpaired) electrons. The Bertz CT molecular complexity index is 474. The van der Waals surface area contributed by atoms with Crippen LogP contribution in [-0.2, 0) is 9.59 Å². The summed E-state index contributed by atoms with van der Waals surface area (Å²) in [5, 5.41) is 2.86. The molecule has 0 spiro atoms. The normalized spacial score (nSPS) is 12.2. The van der Waals surface area contributed by atoms with Crippen LogP contribution in [-0.4, -0.2) is 35.8 Å². The second-order valence-corrected chi connectivity index (χ2v) is 4.91.